The van der Waals surface area contributed by atoms with Gasteiger partial charge < -0.3 is 10.1 Å². The van der Waals surface area contributed by atoms with E-state index in [1.54, 1.807) is 20.8 Å². The van der Waals surface area contributed by atoms with Crippen LogP contribution in [0, 0.1) is 11.6 Å². The number of rotatable bonds is 4. The predicted molar refractivity (Wildman–Crippen MR) is 89.0 cm³/mol. The summed E-state index contributed by atoms with van der Waals surface area (Å²) in [5.74, 6) is -1.60. The number of halogens is 2. The molecule has 0 aromatic heterocycles. The fourth-order valence-corrected chi connectivity index (χ4v) is 2.78. The van der Waals surface area contributed by atoms with Crippen LogP contribution < -0.4 is 5.32 Å². The summed E-state index contributed by atoms with van der Waals surface area (Å²) in [7, 11) is 0. The highest BCUT2D eigenvalue weighted by atomic mass is 19.1. The summed E-state index contributed by atoms with van der Waals surface area (Å²) in [6.07, 6.45) is 0.771. The van der Waals surface area contributed by atoms with Gasteiger partial charge in [-0.15, -0.1) is 0 Å². The van der Waals surface area contributed by atoms with Crippen LogP contribution in [0.4, 0.5) is 13.6 Å². The number of benzene rings is 1. The van der Waals surface area contributed by atoms with Gasteiger partial charge in [-0.3, -0.25) is 9.69 Å². The summed E-state index contributed by atoms with van der Waals surface area (Å²) in [5, 5.41) is 2.65. The highest BCUT2D eigenvalue weighted by molar-refractivity contribution is 5.86. The molecule has 0 aliphatic carbocycles. The number of carbonyl (C=O) groups excluding carboxylic acids is 2. The first-order chi connectivity index (χ1) is 11.7. The van der Waals surface area contributed by atoms with Crippen LogP contribution in [0.1, 0.15) is 39.2 Å². The Kier molecular flexibility index (Phi) is 5.98. The van der Waals surface area contributed by atoms with Crippen LogP contribution >= 0.6 is 0 Å². The van der Waals surface area contributed by atoms with Crippen molar-refractivity contribution in [2.75, 3.05) is 13.1 Å². The standard InChI is InChI=1S/C18H24F2N2O3/c1-18(2,3)25-17(24)22-11-5-8-15(22)16(23)21-10-9-12-13(19)6-4-7-14(12)20/h4,6-7,15H,5,8-11H2,1-3H3,(H,21,23). The lowest BCUT2D eigenvalue weighted by Gasteiger charge is -2.28. The van der Waals surface area contributed by atoms with Crippen LogP contribution in [0.3, 0.4) is 0 Å². The van der Waals surface area contributed by atoms with Crippen molar-refractivity contribution < 1.29 is 23.1 Å². The minimum absolute atomic E-state index is 0.0450. The molecule has 1 aromatic carbocycles. The first-order valence-electron chi connectivity index (χ1n) is 8.39. The third kappa shape index (κ3) is 5.14. The second-order valence-electron chi connectivity index (χ2n) is 7.07. The lowest BCUT2D eigenvalue weighted by molar-refractivity contribution is -0.125. The van der Waals surface area contributed by atoms with Crippen molar-refractivity contribution in [2.45, 2.75) is 51.7 Å². The minimum atomic E-state index is -0.636. The van der Waals surface area contributed by atoms with Gasteiger partial charge in [0, 0.05) is 18.7 Å². The molecule has 1 fully saturated rings. The molecule has 7 heteroatoms. The molecule has 1 N–H and O–H groups in total. The van der Waals surface area contributed by atoms with Gasteiger partial charge in [-0.2, -0.15) is 0 Å². The van der Waals surface area contributed by atoms with Crippen LogP contribution in [0.25, 0.3) is 0 Å². The third-order valence-electron chi connectivity index (χ3n) is 3.92. The number of nitrogens with zero attached hydrogens (tertiary/aromatic N) is 1. The van der Waals surface area contributed by atoms with E-state index in [1.165, 1.54) is 23.1 Å². The van der Waals surface area contributed by atoms with Crippen LogP contribution in [-0.2, 0) is 16.0 Å². The highest BCUT2D eigenvalue weighted by Gasteiger charge is 2.36. The number of hydrogen-bond acceptors (Lipinski definition) is 3. The molecule has 1 aliphatic heterocycles. The first-order valence-corrected chi connectivity index (χ1v) is 8.39. The Morgan fingerprint density at radius 2 is 1.92 bits per heavy atom. The minimum Gasteiger partial charge on any atom is -0.444 e. The Balaban J connectivity index is 1.90. The molecule has 1 saturated heterocycles. The zero-order valence-corrected chi connectivity index (χ0v) is 14.8. The van der Waals surface area contributed by atoms with Crippen LogP contribution in [0.15, 0.2) is 18.2 Å². The average molecular weight is 354 g/mol. The molecule has 2 amide bonds. The quantitative estimate of drug-likeness (QED) is 0.904. The molecule has 0 radical (unpaired) electrons. The Bertz CT molecular complexity index is 623. The van der Waals surface area contributed by atoms with Gasteiger partial charge in [-0.1, -0.05) is 6.07 Å². The van der Waals surface area contributed by atoms with Gasteiger partial charge in [0.25, 0.3) is 0 Å². The van der Waals surface area contributed by atoms with E-state index in [4.69, 9.17) is 4.74 Å². The lowest BCUT2D eigenvalue weighted by Crippen LogP contribution is -2.47. The van der Waals surface area contributed by atoms with Gasteiger partial charge in [0.15, 0.2) is 0 Å². The lowest BCUT2D eigenvalue weighted by atomic mass is 10.1. The second-order valence-corrected chi connectivity index (χ2v) is 7.07. The molecule has 5 nitrogen and oxygen atoms in total. The SMILES string of the molecule is CC(C)(C)OC(=O)N1CCCC1C(=O)NCCc1c(F)cccc1F. The maximum absolute atomic E-state index is 13.6. The van der Waals surface area contributed by atoms with Crippen molar-refractivity contribution in [1.82, 2.24) is 10.2 Å². The van der Waals surface area contributed by atoms with Gasteiger partial charge in [-0.25, -0.2) is 13.6 Å². The smallest absolute Gasteiger partial charge is 0.410 e. The van der Waals surface area contributed by atoms with E-state index in [9.17, 15) is 18.4 Å². The number of hydrogen-bond donors (Lipinski definition) is 1. The van der Waals surface area contributed by atoms with E-state index in [0.29, 0.717) is 19.4 Å². The van der Waals surface area contributed by atoms with Crippen molar-refractivity contribution in [3.63, 3.8) is 0 Å². The summed E-state index contributed by atoms with van der Waals surface area (Å²) in [6.45, 7) is 5.83. The van der Waals surface area contributed by atoms with E-state index in [0.717, 1.165) is 0 Å². The molecule has 1 atom stereocenters. The highest BCUT2D eigenvalue weighted by Crippen LogP contribution is 2.21. The number of ether oxygens (including phenoxy) is 1. The Morgan fingerprint density at radius 3 is 2.52 bits per heavy atom. The summed E-state index contributed by atoms with van der Waals surface area (Å²) >= 11 is 0. The van der Waals surface area contributed by atoms with Gasteiger partial charge in [0.05, 0.1) is 0 Å². The molecular formula is C18H24F2N2O3. The molecule has 2 rings (SSSR count). The van der Waals surface area contributed by atoms with E-state index in [2.05, 4.69) is 5.32 Å². The summed E-state index contributed by atoms with van der Waals surface area (Å²) < 4.78 is 32.5. The van der Waals surface area contributed by atoms with Crippen molar-refractivity contribution >= 4 is 12.0 Å². The fraction of sp³-hybridized carbons (Fsp3) is 0.556. The molecule has 1 aliphatic rings. The van der Waals surface area contributed by atoms with Gasteiger partial charge in [0.2, 0.25) is 5.91 Å². The van der Waals surface area contributed by atoms with Crippen molar-refractivity contribution in [3.8, 4) is 0 Å². The second kappa shape index (κ2) is 7.80. The summed E-state index contributed by atoms with van der Waals surface area (Å²) in [4.78, 5) is 25.9. The molecule has 0 saturated carbocycles. The number of carbonyl (C=O) groups is 2. The van der Waals surface area contributed by atoms with E-state index in [1.807, 2.05) is 0 Å². The van der Waals surface area contributed by atoms with E-state index < -0.39 is 29.4 Å². The Morgan fingerprint density at radius 1 is 1.28 bits per heavy atom. The number of amides is 2. The maximum atomic E-state index is 13.6. The summed E-state index contributed by atoms with van der Waals surface area (Å²) in [6, 6.07) is 3.05. The molecule has 1 unspecified atom stereocenters. The van der Waals surface area contributed by atoms with Crippen molar-refractivity contribution in [2.24, 2.45) is 0 Å². The molecule has 25 heavy (non-hydrogen) atoms. The van der Waals surface area contributed by atoms with Crippen LogP contribution in [-0.4, -0.2) is 41.6 Å². The number of likely N-dealkylation sites (tertiary alicyclic amines) is 1. The van der Waals surface area contributed by atoms with Crippen molar-refractivity contribution in [3.05, 3.63) is 35.4 Å². The first kappa shape index (κ1) is 19.1. The maximum Gasteiger partial charge on any atom is 0.410 e. The molecular weight excluding hydrogens is 330 g/mol. The molecule has 1 aromatic rings. The van der Waals surface area contributed by atoms with Gasteiger partial charge >= 0.3 is 6.09 Å². The molecule has 0 spiro atoms. The fourth-order valence-electron chi connectivity index (χ4n) is 2.78. The number of nitrogens with one attached hydrogen (secondary N) is 1. The predicted octanol–water partition coefficient (Wildman–Crippen LogP) is 3.02. The third-order valence-corrected chi connectivity index (χ3v) is 3.92. The molecule has 1 heterocycles. The zero-order chi connectivity index (χ0) is 18.6. The van der Waals surface area contributed by atoms with Crippen LogP contribution in [0.5, 0.6) is 0 Å². The summed E-state index contributed by atoms with van der Waals surface area (Å²) in [5.41, 5.74) is -0.693. The Hall–Kier alpha value is -2.18. The van der Waals surface area contributed by atoms with Crippen molar-refractivity contribution in [1.29, 1.82) is 0 Å². The topological polar surface area (TPSA) is 58.6 Å². The van der Waals surface area contributed by atoms with Gasteiger partial charge in [-0.05, 0) is 52.2 Å². The monoisotopic (exact) mass is 354 g/mol. The molecule has 138 valence electrons. The normalized spacial score (nSPS) is 17.5. The van der Waals surface area contributed by atoms with E-state index >= 15 is 0 Å². The largest absolute Gasteiger partial charge is 0.444 e. The van der Waals surface area contributed by atoms with Crippen LogP contribution in [0.2, 0.25) is 0 Å². The molecule has 0 bridgehead atoms. The zero-order valence-electron chi connectivity index (χ0n) is 14.8. The van der Waals surface area contributed by atoms with E-state index in [-0.39, 0.29) is 24.4 Å². The average Bonchev–Trinajstić information content (AvgIpc) is 2.98. The Labute approximate surface area is 146 Å². The van der Waals surface area contributed by atoms with Gasteiger partial charge in [0.1, 0.15) is 23.3 Å².